The predicted molar refractivity (Wildman–Crippen MR) is 89.9 cm³/mol. The molecule has 0 aliphatic heterocycles. The molecule has 4 heteroatoms. The number of carbonyl (C=O) groups excluding carboxylic acids is 1. The average Bonchev–Trinajstić information content (AvgIpc) is 2.48. The zero-order valence-corrected chi connectivity index (χ0v) is 13.5. The fourth-order valence-corrected chi connectivity index (χ4v) is 2.22. The van der Waals surface area contributed by atoms with Crippen molar-refractivity contribution in [3.63, 3.8) is 0 Å². The van der Waals surface area contributed by atoms with E-state index in [1.165, 1.54) is 6.08 Å². The van der Waals surface area contributed by atoms with Crippen LogP contribution in [-0.2, 0) is 0 Å². The van der Waals surface area contributed by atoms with Crippen LogP contribution in [0.25, 0.3) is 6.08 Å². The highest BCUT2D eigenvalue weighted by molar-refractivity contribution is 9.10. The maximum atomic E-state index is 12.1. The Labute approximate surface area is 132 Å². The number of phenolic OH excluding ortho intramolecular Hbond substituents is 1. The van der Waals surface area contributed by atoms with Crippen molar-refractivity contribution in [1.82, 2.24) is 0 Å². The van der Waals surface area contributed by atoms with Gasteiger partial charge in [0.2, 0.25) is 0 Å². The SMILES string of the molecule is CN(C)c1ccc(C(=O)C=Cc2ccc(O)c(Br)c2)cc1. The van der Waals surface area contributed by atoms with Gasteiger partial charge in [0, 0.05) is 25.3 Å². The van der Waals surface area contributed by atoms with Crippen molar-refractivity contribution in [1.29, 1.82) is 0 Å². The molecule has 21 heavy (non-hydrogen) atoms. The lowest BCUT2D eigenvalue weighted by Crippen LogP contribution is -2.08. The van der Waals surface area contributed by atoms with Crippen LogP contribution in [0.15, 0.2) is 53.0 Å². The molecule has 0 aromatic heterocycles. The standard InChI is InChI=1S/C17H16BrNO2/c1-19(2)14-7-5-13(6-8-14)16(20)9-3-12-4-10-17(21)15(18)11-12/h3-11,21H,1-2H3. The van der Waals surface area contributed by atoms with E-state index in [0.717, 1.165) is 11.3 Å². The van der Waals surface area contributed by atoms with Gasteiger partial charge in [0.25, 0.3) is 0 Å². The van der Waals surface area contributed by atoms with E-state index in [9.17, 15) is 9.90 Å². The Morgan fingerprint density at radius 3 is 2.38 bits per heavy atom. The molecule has 0 saturated heterocycles. The molecule has 2 aromatic carbocycles. The summed E-state index contributed by atoms with van der Waals surface area (Å²) in [6, 6.07) is 12.5. The summed E-state index contributed by atoms with van der Waals surface area (Å²) in [5.74, 6) is 0.127. The fraction of sp³-hybridized carbons (Fsp3) is 0.118. The molecule has 0 radical (unpaired) electrons. The van der Waals surface area contributed by atoms with E-state index < -0.39 is 0 Å². The van der Waals surface area contributed by atoms with Crippen LogP contribution in [-0.4, -0.2) is 25.0 Å². The number of phenols is 1. The summed E-state index contributed by atoms with van der Waals surface area (Å²) in [4.78, 5) is 14.1. The molecule has 1 N–H and O–H groups in total. The second kappa shape index (κ2) is 6.59. The van der Waals surface area contributed by atoms with Crippen molar-refractivity contribution in [3.8, 4) is 5.75 Å². The number of ketones is 1. The Balaban J connectivity index is 2.13. The molecule has 108 valence electrons. The van der Waals surface area contributed by atoms with Crippen LogP contribution in [0.4, 0.5) is 5.69 Å². The number of carbonyl (C=O) groups is 1. The van der Waals surface area contributed by atoms with E-state index in [1.807, 2.05) is 43.3 Å². The molecule has 0 fully saturated rings. The minimum Gasteiger partial charge on any atom is -0.507 e. The van der Waals surface area contributed by atoms with Crippen molar-refractivity contribution < 1.29 is 9.90 Å². The number of hydrogen-bond donors (Lipinski definition) is 1. The summed E-state index contributed by atoms with van der Waals surface area (Å²) >= 11 is 3.25. The Bertz CT molecular complexity index is 676. The summed E-state index contributed by atoms with van der Waals surface area (Å²) in [6.45, 7) is 0. The Hall–Kier alpha value is -2.07. The zero-order valence-electron chi connectivity index (χ0n) is 11.9. The summed E-state index contributed by atoms with van der Waals surface area (Å²) in [7, 11) is 3.92. The van der Waals surface area contributed by atoms with Gasteiger partial charge in [0.1, 0.15) is 5.75 Å². The maximum Gasteiger partial charge on any atom is 0.185 e. The summed E-state index contributed by atoms with van der Waals surface area (Å²) < 4.78 is 0.604. The third-order valence-corrected chi connectivity index (χ3v) is 3.70. The number of halogens is 1. The molecule has 2 rings (SSSR count). The molecular weight excluding hydrogens is 330 g/mol. The number of aromatic hydroxyl groups is 1. The zero-order chi connectivity index (χ0) is 15.4. The lowest BCUT2D eigenvalue weighted by Gasteiger charge is -2.11. The van der Waals surface area contributed by atoms with Gasteiger partial charge in [-0.3, -0.25) is 4.79 Å². The van der Waals surface area contributed by atoms with Crippen LogP contribution in [0.2, 0.25) is 0 Å². The van der Waals surface area contributed by atoms with E-state index in [4.69, 9.17) is 0 Å². The van der Waals surface area contributed by atoms with E-state index in [2.05, 4.69) is 15.9 Å². The second-order valence-corrected chi connectivity index (χ2v) is 5.70. The molecule has 0 atom stereocenters. The number of allylic oxidation sites excluding steroid dienone is 1. The highest BCUT2D eigenvalue weighted by atomic mass is 79.9. The van der Waals surface area contributed by atoms with Crippen molar-refractivity contribution in [3.05, 3.63) is 64.1 Å². The van der Waals surface area contributed by atoms with Crippen LogP contribution in [0.3, 0.4) is 0 Å². The lowest BCUT2D eigenvalue weighted by molar-refractivity contribution is 0.104. The molecule has 0 heterocycles. The van der Waals surface area contributed by atoms with Crippen LogP contribution in [0, 0.1) is 0 Å². The number of anilines is 1. The summed E-state index contributed by atoms with van der Waals surface area (Å²) in [5, 5.41) is 9.43. The smallest absolute Gasteiger partial charge is 0.185 e. The van der Waals surface area contributed by atoms with Gasteiger partial charge in [0.15, 0.2) is 5.78 Å². The molecule has 3 nitrogen and oxygen atoms in total. The van der Waals surface area contributed by atoms with Crippen molar-refractivity contribution in [2.45, 2.75) is 0 Å². The fourth-order valence-electron chi connectivity index (χ4n) is 1.82. The molecule has 0 unspecified atom stereocenters. The van der Waals surface area contributed by atoms with Crippen LogP contribution >= 0.6 is 15.9 Å². The third-order valence-electron chi connectivity index (χ3n) is 3.07. The maximum absolute atomic E-state index is 12.1. The Morgan fingerprint density at radius 2 is 1.81 bits per heavy atom. The first-order valence-electron chi connectivity index (χ1n) is 6.45. The minimum absolute atomic E-state index is 0.0514. The molecular formula is C17H16BrNO2. The quantitative estimate of drug-likeness (QED) is 0.669. The summed E-state index contributed by atoms with van der Waals surface area (Å²) in [6.07, 6.45) is 3.26. The van der Waals surface area contributed by atoms with Gasteiger partial charge in [-0.15, -0.1) is 0 Å². The van der Waals surface area contributed by atoms with E-state index in [1.54, 1.807) is 24.3 Å². The van der Waals surface area contributed by atoms with Gasteiger partial charge in [-0.1, -0.05) is 12.1 Å². The molecule has 0 aliphatic carbocycles. The van der Waals surface area contributed by atoms with E-state index in [0.29, 0.717) is 10.0 Å². The predicted octanol–water partition coefficient (Wildman–Crippen LogP) is 4.12. The van der Waals surface area contributed by atoms with Crippen LogP contribution < -0.4 is 4.90 Å². The highest BCUT2D eigenvalue weighted by Gasteiger charge is 2.03. The van der Waals surface area contributed by atoms with Gasteiger partial charge in [0.05, 0.1) is 4.47 Å². The summed E-state index contributed by atoms with van der Waals surface area (Å²) in [5.41, 5.74) is 2.55. The number of benzene rings is 2. The highest BCUT2D eigenvalue weighted by Crippen LogP contribution is 2.24. The number of nitrogens with zero attached hydrogens (tertiary/aromatic N) is 1. The van der Waals surface area contributed by atoms with Gasteiger partial charge in [-0.2, -0.15) is 0 Å². The van der Waals surface area contributed by atoms with Gasteiger partial charge in [-0.05, 0) is 64.0 Å². The average molecular weight is 346 g/mol. The van der Waals surface area contributed by atoms with Crippen molar-refractivity contribution in [2.75, 3.05) is 19.0 Å². The van der Waals surface area contributed by atoms with Crippen LogP contribution in [0.5, 0.6) is 5.75 Å². The largest absolute Gasteiger partial charge is 0.507 e. The molecule has 0 saturated carbocycles. The first-order valence-corrected chi connectivity index (χ1v) is 7.25. The Kier molecular flexibility index (Phi) is 4.81. The minimum atomic E-state index is -0.0514. The Morgan fingerprint density at radius 1 is 1.14 bits per heavy atom. The lowest BCUT2D eigenvalue weighted by atomic mass is 10.1. The molecule has 0 spiro atoms. The second-order valence-electron chi connectivity index (χ2n) is 4.85. The molecule has 0 aliphatic rings. The van der Waals surface area contributed by atoms with Gasteiger partial charge in [-0.25, -0.2) is 0 Å². The number of rotatable bonds is 4. The van der Waals surface area contributed by atoms with E-state index in [-0.39, 0.29) is 11.5 Å². The molecule has 0 amide bonds. The van der Waals surface area contributed by atoms with Gasteiger partial charge >= 0.3 is 0 Å². The topological polar surface area (TPSA) is 40.5 Å². The van der Waals surface area contributed by atoms with Crippen molar-refractivity contribution >= 4 is 33.5 Å². The molecule has 2 aromatic rings. The monoisotopic (exact) mass is 345 g/mol. The third kappa shape index (κ3) is 3.95. The normalized spacial score (nSPS) is 10.8. The van der Waals surface area contributed by atoms with Crippen molar-refractivity contribution in [2.24, 2.45) is 0 Å². The van der Waals surface area contributed by atoms with Gasteiger partial charge < -0.3 is 10.0 Å². The van der Waals surface area contributed by atoms with Crippen LogP contribution in [0.1, 0.15) is 15.9 Å². The first kappa shape index (κ1) is 15.3. The molecule has 0 bridgehead atoms. The van der Waals surface area contributed by atoms with E-state index >= 15 is 0 Å². The number of hydrogen-bond acceptors (Lipinski definition) is 3. The first-order chi connectivity index (χ1) is 9.97.